The summed E-state index contributed by atoms with van der Waals surface area (Å²) in [6.45, 7) is 2.02. The van der Waals surface area contributed by atoms with Gasteiger partial charge in [-0.1, -0.05) is 6.92 Å². The molecule has 0 aliphatic carbocycles. The third-order valence-electron chi connectivity index (χ3n) is 2.35. The summed E-state index contributed by atoms with van der Waals surface area (Å²) in [7, 11) is 1.89. The Kier molecular flexibility index (Phi) is 3.19. The normalized spacial score (nSPS) is 10.6. The Morgan fingerprint density at radius 1 is 1.50 bits per heavy atom. The molecule has 2 aromatic rings. The minimum Gasteiger partial charge on any atom is -0.293 e. The summed E-state index contributed by atoms with van der Waals surface area (Å²) < 4.78 is 1.77. The van der Waals surface area contributed by atoms with Crippen LogP contribution in [0.1, 0.15) is 29.4 Å². The SMILES string of the molecule is CCCC(=O)c1ccc(-c2cnn(C)c2)s1. The predicted molar refractivity (Wildman–Crippen MR) is 65.8 cm³/mol. The van der Waals surface area contributed by atoms with Crippen molar-refractivity contribution >= 4 is 17.1 Å². The Morgan fingerprint density at radius 3 is 2.94 bits per heavy atom. The fraction of sp³-hybridized carbons (Fsp3) is 0.333. The average Bonchev–Trinajstić information content (AvgIpc) is 2.85. The lowest BCUT2D eigenvalue weighted by Crippen LogP contribution is -1.93. The van der Waals surface area contributed by atoms with E-state index in [4.69, 9.17) is 0 Å². The molecule has 16 heavy (non-hydrogen) atoms. The van der Waals surface area contributed by atoms with Crippen molar-refractivity contribution in [2.24, 2.45) is 7.05 Å². The van der Waals surface area contributed by atoms with Gasteiger partial charge in [0.05, 0.1) is 11.1 Å². The number of carbonyl (C=O) groups is 1. The van der Waals surface area contributed by atoms with Crippen molar-refractivity contribution in [3.8, 4) is 10.4 Å². The van der Waals surface area contributed by atoms with E-state index in [0.717, 1.165) is 21.7 Å². The Bertz CT molecular complexity index is 499. The van der Waals surface area contributed by atoms with Gasteiger partial charge in [-0.25, -0.2) is 0 Å². The molecule has 2 aromatic heterocycles. The van der Waals surface area contributed by atoms with Gasteiger partial charge in [-0.05, 0) is 18.6 Å². The van der Waals surface area contributed by atoms with Gasteiger partial charge in [-0.2, -0.15) is 5.10 Å². The number of Topliss-reactive ketones (excluding diaryl/α,β-unsaturated/α-hetero) is 1. The van der Waals surface area contributed by atoms with Gasteiger partial charge in [0.1, 0.15) is 0 Å². The molecule has 0 N–H and O–H groups in total. The second kappa shape index (κ2) is 4.61. The molecule has 0 fully saturated rings. The van der Waals surface area contributed by atoms with Crippen LogP contribution in [0.4, 0.5) is 0 Å². The number of carbonyl (C=O) groups excluding carboxylic acids is 1. The summed E-state index contributed by atoms with van der Waals surface area (Å²) in [5, 5.41) is 4.12. The molecule has 0 aliphatic rings. The molecule has 0 aromatic carbocycles. The maximum absolute atomic E-state index is 11.7. The molecule has 4 heteroatoms. The number of aromatic nitrogens is 2. The largest absolute Gasteiger partial charge is 0.293 e. The Balaban J connectivity index is 2.22. The summed E-state index contributed by atoms with van der Waals surface area (Å²) in [4.78, 5) is 13.6. The van der Waals surface area contributed by atoms with Crippen molar-refractivity contribution in [3.05, 3.63) is 29.4 Å². The minimum atomic E-state index is 0.239. The summed E-state index contributed by atoms with van der Waals surface area (Å²) in [5.41, 5.74) is 1.07. The number of aryl methyl sites for hydroxylation is 1. The van der Waals surface area contributed by atoms with E-state index >= 15 is 0 Å². The van der Waals surface area contributed by atoms with Crippen molar-refractivity contribution in [2.45, 2.75) is 19.8 Å². The third kappa shape index (κ3) is 2.22. The molecule has 2 rings (SSSR count). The van der Waals surface area contributed by atoms with E-state index in [0.29, 0.717) is 6.42 Å². The second-order valence-corrected chi connectivity index (χ2v) is 4.82. The monoisotopic (exact) mass is 234 g/mol. The van der Waals surface area contributed by atoms with E-state index in [-0.39, 0.29) is 5.78 Å². The molecule has 0 saturated carbocycles. The number of hydrogen-bond acceptors (Lipinski definition) is 3. The van der Waals surface area contributed by atoms with Crippen LogP contribution in [-0.2, 0) is 7.05 Å². The van der Waals surface area contributed by atoms with Crippen LogP contribution in [0, 0.1) is 0 Å². The van der Waals surface area contributed by atoms with Crippen molar-refractivity contribution in [2.75, 3.05) is 0 Å². The first-order valence-corrected chi connectivity index (χ1v) is 6.14. The van der Waals surface area contributed by atoms with Crippen LogP contribution in [0.3, 0.4) is 0 Å². The molecule has 0 atom stereocenters. The van der Waals surface area contributed by atoms with Crippen molar-refractivity contribution in [1.82, 2.24) is 9.78 Å². The number of rotatable bonds is 4. The van der Waals surface area contributed by atoms with Gasteiger partial charge in [-0.3, -0.25) is 9.48 Å². The Labute approximate surface area is 98.7 Å². The van der Waals surface area contributed by atoms with Gasteiger partial charge >= 0.3 is 0 Å². The molecule has 0 saturated heterocycles. The van der Waals surface area contributed by atoms with Crippen LogP contribution in [0.2, 0.25) is 0 Å². The second-order valence-electron chi connectivity index (χ2n) is 3.74. The van der Waals surface area contributed by atoms with E-state index in [2.05, 4.69) is 5.10 Å². The van der Waals surface area contributed by atoms with Gasteiger partial charge < -0.3 is 0 Å². The summed E-state index contributed by atoms with van der Waals surface area (Å²) in [5.74, 6) is 0.239. The molecule has 2 heterocycles. The van der Waals surface area contributed by atoms with Crippen molar-refractivity contribution in [1.29, 1.82) is 0 Å². The Hall–Kier alpha value is -1.42. The maximum Gasteiger partial charge on any atom is 0.172 e. The lowest BCUT2D eigenvalue weighted by atomic mass is 10.2. The molecule has 0 bridgehead atoms. The summed E-state index contributed by atoms with van der Waals surface area (Å²) in [6.07, 6.45) is 5.31. The van der Waals surface area contributed by atoms with Crippen LogP contribution >= 0.6 is 11.3 Å². The zero-order valence-corrected chi connectivity index (χ0v) is 10.3. The highest BCUT2D eigenvalue weighted by Gasteiger charge is 2.10. The van der Waals surface area contributed by atoms with Gasteiger partial charge in [0, 0.05) is 30.1 Å². The topological polar surface area (TPSA) is 34.9 Å². The van der Waals surface area contributed by atoms with Crippen LogP contribution in [0.5, 0.6) is 0 Å². The van der Waals surface area contributed by atoms with Crippen LogP contribution in [0.15, 0.2) is 24.5 Å². The van der Waals surface area contributed by atoms with E-state index in [1.54, 1.807) is 16.0 Å². The average molecular weight is 234 g/mol. The van der Waals surface area contributed by atoms with Crippen LogP contribution < -0.4 is 0 Å². The maximum atomic E-state index is 11.7. The number of hydrogen-bond donors (Lipinski definition) is 0. The number of ketones is 1. The lowest BCUT2D eigenvalue weighted by Gasteiger charge is -1.92. The van der Waals surface area contributed by atoms with E-state index in [9.17, 15) is 4.79 Å². The third-order valence-corrected chi connectivity index (χ3v) is 3.52. The molecule has 0 aliphatic heterocycles. The fourth-order valence-electron chi connectivity index (χ4n) is 1.54. The van der Waals surface area contributed by atoms with Gasteiger partial charge in [-0.15, -0.1) is 11.3 Å². The molecule has 0 unspecified atom stereocenters. The van der Waals surface area contributed by atoms with Crippen LogP contribution in [-0.4, -0.2) is 15.6 Å². The predicted octanol–water partition coefficient (Wildman–Crippen LogP) is 3.13. The molecular weight excluding hydrogens is 220 g/mol. The first kappa shape index (κ1) is 11.1. The van der Waals surface area contributed by atoms with E-state index in [1.165, 1.54) is 0 Å². The summed E-state index contributed by atoms with van der Waals surface area (Å²) >= 11 is 1.54. The zero-order chi connectivity index (χ0) is 11.5. The van der Waals surface area contributed by atoms with E-state index in [1.807, 2.05) is 38.5 Å². The number of thiophene rings is 1. The highest BCUT2D eigenvalue weighted by Crippen LogP contribution is 2.28. The van der Waals surface area contributed by atoms with Crippen LogP contribution in [0.25, 0.3) is 10.4 Å². The van der Waals surface area contributed by atoms with Crippen molar-refractivity contribution in [3.63, 3.8) is 0 Å². The summed E-state index contributed by atoms with van der Waals surface area (Å²) in [6, 6.07) is 3.90. The highest BCUT2D eigenvalue weighted by molar-refractivity contribution is 7.17. The number of nitrogens with zero attached hydrogens (tertiary/aromatic N) is 2. The molecule has 0 amide bonds. The Morgan fingerprint density at radius 2 is 2.31 bits per heavy atom. The molecule has 0 radical (unpaired) electrons. The van der Waals surface area contributed by atoms with Gasteiger partial charge in [0.25, 0.3) is 0 Å². The van der Waals surface area contributed by atoms with Crippen molar-refractivity contribution < 1.29 is 4.79 Å². The quantitative estimate of drug-likeness (QED) is 0.762. The molecular formula is C12H14N2OS. The first-order chi connectivity index (χ1) is 7.70. The fourth-order valence-corrected chi connectivity index (χ4v) is 2.49. The lowest BCUT2D eigenvalue weighted by molar-refractivity contribution is 0.0985. The smallest absolute Gasteiger partial charge is 0.172 e. The highest BCUT2D eigenvalue weighted by atomic mass is 32.1. The van der Waals surface area contributed by atoms with Gasteiger partial charge in [0.15, 0.2) is 5.78 Å². The van der Waals surface area contributed by atoms with E-state index < -0.39 is 0 Å². The standard InChI is InChI=1S/C12H14N2OS/c1-3-4-10(15)12-6-5-11(16-12)9-7-13-14(2)8-9/h5-8H,3-4H2,1-2H3. The molecule has 3 nitrogen and oxygen atoms in total. The molecule has 0 spiro atoms. The zero-order valence-electron chi connectivity index (χ0n) is 9.43. The first-order valence-electron chi connectivity index (χ1n) is 5.32. The minimum absolute atomic E-state index is 0.239. The molecule has 84 valence electrons. The van der Waals surface area contributed by atoms with Gasteiger partial charge in [0.2, 0.25) is 0 Å².